The third-order valence-electron chi connectivity index (χ3n) is 2.13. The molecule has 0 amide bonds. The van der Waals surface area contributed by atoms with E-state index in [-0.39, 0.29) is 0 Å². The highest BCUT2D eigenvalue weighted by molar-refractivity contribution is 5.79. The zero-order valence-electron chi connectivity index (χ0n) is 7.80. The van der Waals surface area contributed by atoms with Gasteiger partial charge in [0.15, 0.2) is 0 Å². The summed E-state index contributed by atoms with van der Waals surface area (Å²) >= 11 is 0. The summed E-state index contributed by atoms with van der Waals surface area (Å²) in [6.07, 6.45) is 4.00. The van der Waals surface area contributed by atoms with Crippen LogP contribution in [0.2, 0.25) is 0 Å². The first-order chi connectivity index (χ1) is 5.76. The Morgan fingerprint density at radius 3 is 2.75 bits per heavy atom. The minimum Gasteiger partial charge on any atom is -0.353 e. The largest absolute Gasteiger partial charge is 0.353 e. The topological polar surface area (TPSA) is 62.4 Å². The van der Waals surface area contributed by atoms with Crippen LogP contribution in [-0.4, -0.2) is 19.0 Å². The molecule has 12 heavy (non-hydrogen) atoms. The van der Waals surface area contributed by atoms with Crippen molar-refractivity contribution in [2.75, 3.05) is 7.05 Å². The Hall–Kier alpha value is -0.770. The van der Waals surface area contributed by atoms with E-state index >= 15 is 0 Å². The van der Waals surface area contributed by atoms with E-state index in [1.165, 1.54) is 19.3 Å². The number of nitrogens with zero attached hydrogens (tertiary/aromatic N) is 1. The lowest BCUT2D eigenvalue weighted by atomic mass is 10.2. The number of guanidine groups is 1. The van der Waals surface area contributed by atoms with Crippen LogP contribution in [0, 0.1) is 5.92 Å². The molecule has 0 heterocycles. The Morgan fingerprint density at radius 2 is 2.33 bits per heavy atom. The monoisotopic (exact) mass is 170 g/mol. The maximum absolute atomic E-state index is 5.23. The van der Waals surface area contributed by atoms with Crippen molar-refractivity contribution in [1.82, 2.24) is 10.7 Å². The highest BCUT2D eigenvalue weighted by Gasteiger charge is 2.23. The summed E-state index contributed by atoms with van der Waals surface area (Å²) in [5, 5.41) is 3.20. The van der Waals surface area contributed by atoms with Gasteiger partial charge in [-0.3, -0.25) is 10.4 Å². The SMILES string of the molecule is CN=C(NN)NC(C)CC1CC1. The molecule has 70 valence electrons. The van der Waals surface area contributed by atoms with Crippen LogP contribution in [0.25, 0.3) is 0 Å². The lowest BCUT2D eigenvalue weighted by Crippen LogP contribution is -2.45. The van der Waals surface area contributed by atoms with Crippen LogP contribution < -0.4 is 16.6 Å². The highest BCUT2D eigenvalue weighted by atomic mass is 15.3. The van der Waals surface area contributed by atoms with E-state index in [0.717, 1.165) is 5.92 Å². The predicted octanol–water partition coefficient (Wildman–Crippen LogP) is 0.214. The quantitative estimate of drug-likeness (QED) is 0.246. The summed E-state index contributed by atoms with van der Waals surface area (Å²) in [6.45, 7) is 2.15. The number of aliphatic imine (C=N–C) groups is 1. The van der Waals surface area contributed by atoms with E-state index in [1.54, 1.807) is 7.05 Å². The molecule has 1 rings (SSSR count). The highest BCUT2D eigenvalue weighted by Crippen LogP contribution is 2.33. The molecule has 0 aliphatic heterocycles. The van der Waals surface area contributed by atoms with Gasteiger partial charge >= 0.3 is 0 Å². The lowest BCUT2D eigenvalue weighted by Gasteiger charge is -2.15. The summed E-state index contributed by atoms with van der Waals surface area (Å²) in [7, 11) is 1.71. The van der Waals surface area contributed by atoms with Gasteiger partial charge in [0.25, 0.3) is 0 Å². The molecule has 1 saturated carbocycles. The van der Waals surface area contributed by atoms with Crippen molar-refractivity contribution in [2.24, 2.45) is 16.8 Å². The van der Waals surface area contributed by atoms with Crippen LogP contribution >= 0.6 is 0 Å². The molecule has 1 atom stereocenters. The van der Waals surface area contributed by atoms with Gasteiger partial charge in [0, 0.05) is 13.1 Å². The molecule has 0 aromatic heterocycles. The summed E-state index contributed by atoms with van der Waals surface area (Å²) in [4.78, 5) is 3.94. The van der Waals surface area contributed by atoms with Gasteiger partial charge in [0.2, 0.25) is 5.96 Å². The predicted molar refractivity (Wildman–Crippen MR) is 50.6 cm³/mol. The summed E-state index contributed by atoms with van der Waals surface area (Å²) in [5.41, 5.74) is 2.52. The number of hydrogen-bond acceptors (Lipinski definition) is 2. The molecule has 4 nitrogen and oxygen atoms in total. The van der Waals surface area contributed by atoms with Gasteiger partial charge in [0.1, 0.15) is 0 Å². The smallest absolute Gasteiger partial charge is 0.205 e. The normalized spacial score (nSPS) is 20.4. The van der Waals surface area contributed by atoms with E-state index in [9.17, 15) is 0 Å². The third-order valence-corrected chi connectivity index (χ3v) is 2.13. The zero-order chi connectivity index (χ0) is 8.97. The molecule has 1 aliphatic carbocycles. The minimum absolute atomic E-state index is 0.465. The first-order valence-electron chi connectivity index (χ1n) is 4.46. The van der Waals surface area contributed by atoms with Crippen molar-refractivity contribution in [3.63, 3.8) is 0 Å². The van der Waals surface area contributed by atoms with E-state index in [0.29, 0.717) is 12.0 Å². The Kier molecular flexibility index (Phi) is 3.34. The van der Waals surface area contributed by atoms with Crippen LogP contribution in [0.4, 0.5) is 0 Å². The molecule has 0 aromatic rings. The van der Waals surface area contributed by atoms with Crippen molar-refractivity contribution in [2.45, 2.75) is 32.2 Å². The third kappa shape index (κ3) is 3.09. The first kappa shape index (κ1) is 9.32. The lowest BCUT2D eigenvalue weighted by molar-refractivity contribution is 0.555. The van der Waals surface area contributed by atoms with Crippen LogP contribution in [0.15, 0.2) is 4.99 Å². The van der Waals surface area contributed by atoms with Crippen LogP contribution in [-0.2, 0) is 0 Å². The number of hydrogen-bond donors (Lipinski definition) is 3. The molecule has 1 unspecified atom stereocenters. The van der Waals surface area contributed by atoms with Gasteiger partial charge in [-0.1, -0.05) is 12.8 Å². The second-order valence-electron chi connectivity index (χ2n) is 3.44. The zero-order valence-corrected chi connectivity index (χ0v) is 7.80. The Balaban J connectivity index is 2.18. The van der Waals surface area contributed by atoms with E-state index < -0.39 is 0 Å². The van der Waals surface area contributed by atoms with Crippen molar-refractivity contribution >= 4 is 5.96 Å². The molecule has 0 bridgehead atoms. The average molecular weight is 170 g/mol. The minimum atomic E-state index is 0.465. The summed E-state index contributed by atoms with van der Waals surface area (Å²) < 4.78 is 0. The molecule has 4 N–H and O–H groups in total. The molecule has 0 spiro atoms. The summed E-state index contributed by atoms with van der Waals surface area (Å²) in [6, 6.07) is 0.465. The number of nitrogens with one attached hydrogen (secondary N) is 2. The van der Waals surface area contributed by atoms with Gasteiger partial charge < -0.3 is 5.32 Å². The fourth-order valence-electron chi connectivity index (χ4n) is 1.32. The molecule has 0 radical (unpaired) electrons. The second kappa shape index (κ2) is 4.30. The van der Waals surface area contributed by atoms with Crippen LogP contribution in [0.3, 0.4) is 0 Å². The standard InChI is InChI=1S/C8H18N4/c1-6(5-7-3-4-7)11-8(10-2)12-9/h6-7H,3-5,9H2,1-2H3,(H2,10,11,12). The molecule has 1 aliphatic rings. The Bertz CT molecular complexity index is 162. The van der Waals surface area contributed by atoms with E-state index in [4.69, 9.17) is 5.84 Å². The Labute approximate surface area is 73.6 Å². The average Bonchev–Trinajstić information content (AvgIpc) is 2.84. The molecule has 1 fully saturated rings. The second-order valence-corrected chi connectivity index (χ2v) is 3.44. The molecule has 4 heteroatoms. The number of nitrogens with two attached hydrogens (primary N) is 1. The number of rotatable bonds is 3. The van der Waals surface area contributed by atoms with Crippen molar-refractivity contribution in [3.8, 4) is 0 Å². The molecular formula is C8H18N4. The van der Waals surface area contributed by atoms with Gasteiger partial charge in [0.05, 0.1) is 0 Å². The van der Waals surface area contributed by atoms with Crippen LogP contribution in [0.5, 0.6) is 0 Å². The van der Waals surface area contributed by atoms with Gasteiger partial charge in [-0.25, -0.2) is 5.84 Å². The molecule has 0 saturated heterocycles. The number of hydrazine groups is 1. The summed E-state index contributed by atoms with van der Waals surface area (Å²) in [5.74, 6) is 6.84. The van der Waals surface area contributed by atoms with E-state index in [1.807, 2.05) is 0 Å². The molecular weight excluding hydrogens is 152 g/mol. The van der Waals surface area contributed by atoms with E-state index in [2.05, 4.69) is 22.7 Å². The van der Waals surface area contributed by atoms with Crippen LogP contribution in [0.1, 0.15) is 26.2 Å². The fraction of sp³-hybridized carbons (Fsp3) is 0.875. The van der Waals surface area contributed by atoms with Crippen molar-refractivity contribution in [3.05, 3.63) is 0 Å². The molecule has 0 aromatic carbocycles. The van der Waals surface area contributed by atoms with Gasteiger partial charge in [-0.05, 0) is 19.3 Å². The first-order valence-corrected chi connectivity index (χ1v) is 4.46. The van der Waals surface area contributed by atoms with Crippen molar-refractivity contribution in [1.29, 1.82) is 0 Å². The fourth-order valence-corrected chi connectivity index (χ4v) is 1.32. The van der Waals surface area contributed by atoms with Crippen molar-refractivity contribution < 1.29 is 0 Å². The maximum Gasteiger partial charge on any atom is 0.205 e. The Morgan fingerprint density at radius 1 is 1.67 bits per heavy atom. The van der Waals surface area contributed by atoms with Gasteiger partial charge in [-0.15, -0.1) is 0 Å². The maximum atomic E-state index is 5.23. The van der Waals surface area contributed by atoms with Gasteiger partial charge in [-0.2, -0.15) is 0 Å².